The summed E-state index contributed by atoms with van der Waals surface area (Å²) in [6, 6.07) is 4.15. The van der Waals surface area contributed by atoms with Gasteiger partial charge in [-0.2, -0.15) is 0 Å². The zero-order chi connectivity index (χ0) is 15.5. The number of ether oxygens (including phenoxy) is 2. The molecule has 0 unspecified atom stereocenters. The quantitative estimate of drug-likeness (QED) is 0.774. The number of carbonyl (C=O) groups excluding carboxylic acids is 2. The van der Waals surface area contributed by atoms with Crippen molar-refractivity contribution in [2.75, 3.05) is 13.4 Å². The Bertz CT molecular complexity index is 632. The Labute approximate surface area is 117 Å². The lowest BCUT2D eigenvalue weighted by Gasteiger charge is -2.12. The molecule has 20 heavy (non-hydrogen) atoms. The molecular weight excluding hydrogens is 284 g/mol. The minimum atomic E-state index is -3.42. The van der Waals surface area contributed by atoms with Gasteiger partial charge in [0.05, 0.1) is 17.6 Å². The number of benzene rings is 1. The first-order valence-electron chi connectivity index (χ1n) is 5.76. The second kappa shape index (κ2) is 6.04. The van der Waals surface area contributed by atoms with Crippen molar-refractivity contribution in [1.82, 2.24) is 0 Å². The fourth-order valence-corrected chi connectivity index (χ4v) is 2.14. The number of hydrogen-bond acceptors (Lipinski definition) is 6. The molecule has 7 heteroatoms. The smallest absolute Gasteiger partial charge is 0.346 e. The first kappa shape index (κ1) is 16.2. The van der Waals surface area contributed by atoms with Crippen LogP contribution in [0.3, 0.4) is 0 Å². The van der Waals surface area contributed by atoms with Crippen LogP contribution in [0, 0.1) is 6.92 Å². The third-order valence-corrected chi connectivity index (χ3v) is 3.78. The van der Waals surface area contributed by atoms with Crippen LogP contribution >= 0.6 is 0 Å². The van der Waals surface area contributed by atoms with Crippen molar-refractivity contribution < 1.29 is 27.5 Å². The van der Waals surface area contributed by atoms with E-state index in [0.717, 1.165) is 6.26 Å². The van der Waals surface area contributed by atoms with Gasteiger partial charge in [-0.1, -0.05) is 6.07 Å². The number of carbonyl (C=O) groups is 2. The summed E-state index contributed by atoms with van der Waals surface area (Å²) < 4.78 is 32.3. The zero-order valence-electron chi connectivity index (χ0n) is 11.7. The fraction of sp³-hybridized carbons (Fsp3) is 0.385. The van der Waals surface area contributed by atoms with E-state index in [9.17, 15) is 18.0 Å². The van der Waals surface area contributed by atoms with Gasteiger partial charge in [0.15, 0.2) is 15.9 Å². The van der Waals surface area contributed by atoms with Gasteiger partial charge in [-0.15, -0.1) is 0 Å². The molecule has 0 spiro atoms. The molecule has 0 aromatic heterocycles. The summed E-state index contributed by atoms with van der Waals surface area (Å²) >= 11 is 0. The molecule has 0 radical (unpaired) electrons. The van der Waals surface area contributed by atoms with Gasteiger partial charge in [-0.25, -0.2) is 18.0 Å². The standard InChI is InChI=1S/C13H16O6S/c1-8-5-6-10(20(4,16)17)7-11(8)13(15)19-9(2)12(14)18-3/h5-7,9H,1-4H3/t9-/m1/s1. The first-order chi connectivity index (χ1) is 9.16. The molecule has 0 aliphatic heterocycles. The van der Waals surface area contributed by atoms with Gasteiger partial charge in [-0.3, -0.25) is 0 Å². The molecule has 110 valence electrons. The SMILES string of the molecule is COC(=O)[C@@H](C)OC(=O)c1cc(S(C)(=O)=O)ccc1C. The molecule has 0 saturated carbocycles. The van der Waals surface area contributed by atoms with E-state index >= 15 is 0 Å². The molecule has 1 aromatic carbocycles. The lowest BCUT2D eigenvalue weighted by molar-refractivity contribution is -0.149. The van der Waals surface area contributed by atoms with Crippen LogP contribution < -0.4 is 0 Å². The van der Waals surface area contributed by atoms with Crippen molar-refractivity contribution in [3.63, 3.8) is 0 Å². The Morgan fingerprint density at radius 1 is 1.25 bits per heavy atom. The maximum Gasteiger partial charge on any atom is 0.346 e. The molecule has 0 aliphatic rings. The molecule has 6 nitrogen and oxygen atoms in total. The average molecular weight is 300 g/mol. The van der Waals surface area contributed by atoms with E-state index in [2.05, 4.69) is 4.74 Å². The van der Waals surface area contributed by atoms with Gasteiger partial charge in [-0.05, 0) is 31.5 Å². The van der Waals surface area contributed by atoms with Crippen molar-refractivity contribution in [3.05, 3.63) is 29.3 Å². The van der Waals surface area contributed by atoms with Gasteiger partial charge in [0.2, 0.25) is 0 Å². The van der Waals surface area contributed by atoms with E-state index in [1.807, 2.05) is 0 Å². The summed E-state index contributed by atoms with van der Waals surface area (Å²) in [6.07, 6.45) is -0.0158. The molecule has 1 atom stereocenters. The Morgan fingerprint density at radius 3 is 2.35 bits per heavy atom. The van der Waals surface area contributed by atoms with Crippen LogP contribution in [0.25, 0.3) is 0 Å². The predicted molar refractivity (Wildman–Crippen MR) is 71.2 cm³/mol. The average Bonchev–Trinajstić information content (AvgIpc) is 2.36. The van der Waals surface area contributed by atoms with Crippen molar-refractivity contribution in [1.29, 1.82) is 0 Å². The fourth-order valence-electron chi connectivity index (χ4n) is 1.49. The van der Waals surface area contributed by atoms with Crippen molar-refractivity contribution in [3.8, 4) is 0 Å². The molecule has 0 bridgehead atoms. The minimum absolute atomic E-state index is 0.0146. The Kier molecular flexibility index (Phi) is 4.88. The van der Waals surface area contributed by atoms with Crippen LogP contribution in [-0.4, -0.2) is 39.8 Å². The highest BCUT2D eigenvalue weighted by molar-refractivity contribution is 7.90. The molecule has 0 aliphatic carbocycles. The van der Waals surface area contributed by atoms with Crippen LogP contribution in [0.15, 0.2) is 23.1 Å². The summed E-state index contributed by atoms with van der Waals surface area (Å²) in [5, 5.41) is 0. The Morgan fingerprint density at radius 2 is 1.85 bits per heavy atom. The van der Waals surface area contributed by atoms with Crippen LogP contribution in [0.4, 0.5) is 0 Å². The summed E-state index contributed by atoms with van der Waals surface area (Å²) in [6.45, 7) is 3.02. The lowest BCUT2D eigenvalue weighted by Crippen LogP contribution is -2.25. The number of rotatable bonds is 4. The van der Waals surface area contributed by atoms with Gasteiger partial charge in [0.25, 0.3) is 0 Å². The number of hydrogen-bond donors (Lipinski definition) is 0. The lowest BCUT2D eigenvalue weighted by atomic mass is 10.1. The topological polar surface area (TPSA) is 86.7 Å². The van der Waals surface area contributed by atoms with Crippen LogP contribution in [-0.2, 0) is 24.1 Å². The van der Waals surface area contributed by atoms with Gasteiger partial charge >= 0.3 is 11.9 Å². The second-order valence-corrected chi connectivity index (χ2v) is 6.34. The van der Waals surface area contributed by atoms with Crippen molar-refractivity contribution in [2.24, 2.45) is 0 Å². The summed E-state index contributed by atoms with van der Waals surface area (Å²) in [5.41, 5.74) is 0.656. The van der Waals surface area contributed by atoms with E-state index in [0.29, 0.717) is 5.56 Å². The molecule has 0 fully saturated rings. The number of methoxy groups -OCH3 is 1. The highest BCUT2D eigenvalue weighted by Gasteiger charge is 2.21. The molecule has 0 amide bonds. The summed E-state index contributed by atoms with van der Waals surface area (Å²) in [7, 11) is -2.24. The molecule has 0 heterocycles. The van der Waals surface area contributed by atoms with Crippen LogP contribution in [0.2, 0.25) is 0 Å². The largest absolute Gasteiger partial charge is 0.466 e. The normalized spacial score (nSPS) is 12.6. The molecule has 0 saturated heterocycles. The number of sulfone groups is 1. The van der Waals surface area contributed by atoms with E-state index in [-0.39, 0.29) is 10.5 Å². The highest BCUT2D eigenvalue weighted by Crippen LogP contribution is 2.17. The Hall–Kier alpha value is -1.89. The minimum Gasteiger partial charge on any atom is -0.466 e. The third kappa shape index (κ3) is 3.80. The van der Waals surface area contributed by atoms with E-state index < -0.39 is 27.9 Å². The maximum absolute atomic E-state index is 12.0. The first-order valence-corrected chi connectivity index (χ1v) is 7.65. The van der Waals surface area contributed by atoms with Crippen LogP contribution in [0.1, 0.15) is 22.8 Å². The second-order valence-electron chi connectivity index (χ2n) is 4.32. The van der Waals surface area contributed by atoms with E-state index in [1.54, 1.807) is 6.92 Å². The molecule has 1 aromatic rings. The van der Waals surface area contributed by atoms with Gasteiger partial charge in [0, 0.05) is 6.26 Å². The van der Waals surface area contributed by atoms with Crippen LogP contribution in [0.5, 0.6) is 0 Å². The molecule has 0 N–H and O–H groups in total. The third-order valence-electron chi connectivity index (χ3n) is 2.67. The zero-order valence-corrected chi connectivity index (χ0v) is 12.5. The number of aryl methyl sites for hydroxylation is 1. The van der Waals surface area contributed by atoms with E-state index in [4.69, 9.17) is 4.74 Å². The summed E-state index contributed by atoms with van der Waals surface area (Å²) in [5.74, 6) is -1.46. The maximum atomic E-state index is 12.0. The Balaban J connectivity index is 3.07. The molecule has 1 rings (SSSR count). The van der Waals surface area contributed by atoms with Gasteiger partial charge in [0.1, 0.15) is 0 Å². The number of esters is 2. The molecular formula is C13H16O6S. The monoisotopic (exact) mass is 300 g/mol. The van der Waals surface area contributed by atoms with Gasteiger partial charge < -0.3 is 9.47 Å². The highest BCUT2D eigenvalue weighted by atomic mass is 32.2. The van der Waals surface area contributed by atoms with Crippen molar-refractivity contribution >= 4 is 21.8 Å². The summed E-state index contributed by atoms with van der Waals surface area (Å²) in [4.78, 5) is 23.2. The van der Waals surface area contributed by atoms with E-state index in [1.165, 1.54) is 32.2 Å². The predicted octanol–water partition coefficient (Wildman–Crippen LogP) is 1.12. The van der Waals surface area contributed by atoms with Crippen molar-refractivity contribution in [2.45, 2.75) is 24.8 Å².